The summed E-state index contributed by atoms with van der Waals surface area (Å²) in [5.41, 5.74) is 1.77. The number of carbonyl (C=O) groups excluding carboxylic acids is 2. The molecule has 2 amide bonds. The number of carbonyl (C=O) groups is 2. The van der Waals surface area contributed by atoms with E-state index in [-0.39, 0.29) is 18.5 Å². The molecule has 0 bridgehead atoms. The van der Waals surface area contributed by atoms with Gasteiger partial charge in [-0.25, -0.2) is 14.0 Å². The zero-order chi connectivity index (χ0) is 23.3. The molecule has 8 heteroatoms. The number of halogens is 1. The van der Waals surface area contributed by atoms with E-state index in [1.165, 1.54) is 6.07 Å². The highest BCUT2D eigenvalue weighted by atomic mass is 19.1. The third kappa shape index (κ3) is 5.38. The van der Waals surface area contributed by atoms with Crippen LogP contribution in [0, 0.1) is 5.82 Å². The van der Waals surface area contributed by atoms with Crippen LogP contribution < -0.4 is 20.1 Å². The van der Waals surface area contributed by atoms with Gasteiger partial charge in [0.1, 0.15) is 12.4 Å². The Bertz CT molecular complexity index is 1030. The Morgan fingerprint density at radius 3 is 2.56 bits per heavy atom. The fraction of sp³-hybridized carbons (Fsp3) is 0.333. The van der Waals surface area contributed by atoms with Gasteiger partial charge in [0.15, 0.2) is 11.5 Å². The van der Waals surface area contributed by atoms with Crippen LogP contribution in [0.25, 0.3) is 0 Å². The summed E-state index contributed by atoms with van der Waals surface area (Å²) in [6.07, 6.45) is -0.311. The first kappa shape index (κ1) is 23.1. The highest BCUT2D eigenvalue weighted by Crippen LogP contribution is 2.35. The SMILES string of the molecule is CCOc1cc(C2NC(=O)NC(C)=C2C(=O)OC(C)C)ccc1OCc1ccccc1F. The number of hydrogen-bond acceptors (Lipinski definition) is 5. The monoisotopic (exact) mass is 442 g/mol. The van der Waals surface area contributed by atoms with E-state index in [2.05, 4.69) is 10.6 Å². The fourth-order valence-corrected chi connectivity index (χ4v) is 3.35. The van der Waals surface area contributed by atoms with E-state index in [4.69, 9.17) is 14.2 Å². The molecule has 0 saturated carbocycles. The molecule has 0 fully saturated rings. The van der Waals surface area contributed by atoms with Gasteiger partial charge in [-0.3, -0.25) is 0 Å². The molecule has 3 rings (SSSR count). The topological polar surface area (TPSA) is 85.9 Å². The molecule has 2 N–H and O–H groups in total. The molecule has 0 saturated heterocycles. The van der Waals surface area contributed by atoms with Crippen molar-refractivity contribution in [2.24, 2.45) is 0 Å². The molecule has 1 heterocycles. The number of nitrogens with one attached hydrogen (secondary N) is 2. The summed E-state index contributed by atoms with van der Waals surface area (Å²) in [4.78, 5) is 24.8. The van der Waals surface area contributed by atoms with Crippen molar-refractivity contribution < 1.29 is 28.2 Å². The molecule has 2 aromatic carbocycles. The van der Waals surface area contributed by atoms with Gasteiger partial charge in [-0.05, 0) is 51.5 Å². The number of amides is 2. The Hall–Kier alpha value is -3.55. The van der Waals surface area contributed by atoms with Crippen molar-refractivity contribution in [1.29, 1.82) is 0 Å². The molecule has 2 aromatic rings. The summed E-state index contributed by atoms with van der Waals surface area (Å²) in [5, 5.41) is 5.38. The number of allylic oxidation sites excluding steroid dienone is 1. The van der Waals surface area contributed by atoms with Crippen LogP contribution in [-0.2, 0) is 16.1 Å². The van der Waals surface area contributed by atoms with E-state index in [1.807, 2.05) is 6.92 Å². The highest BCUT2D eigenvalue weighted by Gasteiger charge is 2.33. The van der Waals surface area contributed by atoms with Gasteiger partial charge in [-0.1, -0.05) is 24.3 Å². The van der Waals surface area contributed by atoms with Gasteiger partial charge in [0.2, 0.25) is 0 Å². The van der Waals surface area contributed by atoms with Crippen molar-refractivity contribution >= 4 is 12.0 Å². The molecule has 0 aliphatic carbocycles. The molecular weight excluding hydrogens is 415 g/mol. The first-order valence-corrected chi connectivity index (χ1v) is 10.4. The van der Waals surface area contributed by atoms with Crippen molar-refractivity contribution in [2.45, 2.75) is 46.4 Å². The Labute approximate surface area is 186 Å². The van der Waals surface area contributed by atoms with Gasteiger partial charge in [0.25, 0.3) is 0 Å². The third-order valence-electron chi connectivity index (χ3n) is 4.77. The van der Waals surface area contributed by atoms with Crippen molar-refractivity contribution in [3.63, 3.8) is 0 Å². The predicted octanol–water partition coefficient (Wildman–Crippen LogP) is 4.38. The maximum atomic E-state index is 13.9. The van der Waals surface area contributed by atoms with Crippen molar-refractivity contribution in [2.75, 3.05) is 6.61 Å². The van der Waals surface area contributed by atoms with Crippen molar-refractivity contribution in [3.8, 4) is 11.5 Å². The van der Waals surface area contributed by atoms with Crippen LogP contribution in [0.3, 0.4) is 0 Å². The summed E-state index contributed by atoms with van der Waals surface area (Å²) in [6.45, 7) is 7.39. The maximum Gasteiger partial charge on any atom is 0.338 e. The van der Waals surface area contributed by atoms with Crippen LogP contribution in [0.2, 0.25) is 0 Å². The summed E-state index contributed by atoms with van der Waals surface area (Å²) < 4.78 is 30.8. The standard InChI is InChI=1S/C24H27FN2O5/c1-5-30-20-12-16(10-11-19(20)31-13-17-8-6-7-9-18(17)25)22-21(23(28)32-14(2)3)15(4)26-24(29)27-22/h6-12,14,22H,5,13H2,1-4H3,(H2,26,27,29). The smallest absolute Gasteiger partial charge is 0.338 e. The minimum absolute atomic E-state index is 0.0289. The Morgan fingerprint density at radius 1 is 1.12 bits per heavy atom. The summed E-state index contributed by atoms with van der Waals surface area (Å²) >= 11 is 0. The number of benzene rings is 2. The lowest BCUT2D eigenvalue weighted by Gasteiger charge is -2.29. The minimum atomic E-state index is -0.727. The zero-order valence-corrected chi connectivity index (χ0v) is 18.5. The number of urea groups is 1. The van der Waals surface area contributed by atoms with Crippen LogP contribution in [0.15, 0.2) is 53.7 Å². The Balaban J connectivity index is 1.91. The third-order valence-corrected chi connectivity index (χ3v) is 4.77. The quantitative estimate of drug-likeness (QED) is 0.593. The van der Waals surface area contributed by atoms with E-state index in [9.17, 15) is 14.0 Å². The lowest BCUT2D eigenvalue weighted by atomic mass is 9.95. The fourth-order valence-electron chi connectivity index (χ4n) is 3.35. The second-order valence-electron chi connectivity index (χ2n) is 7.54. The lowest BCUT2D eigenvalue weighted by molar-refractivity contribution is -0.143. The van der Waals surface area contributed by atoms with Gasteiger partial charge < -0.3 is 24.8 Å². The predicted molar refractivity (Wildman–Crippen MR) is 117 cm³/mol. The molecule has 170 valence electrons. The summed E-state index contributed by atoms with van der Waals surface area (Å²) in [6, 6.07) is 10.3. The van der Waals surface area contributed by atoms with Crippen LogP contribution in [0.1, 0.15) is 44.9 Å². The zero-order valence-electron chi connectivity index (χ0n) is 18.5. The van der Waals surface area contributed by atoms with Gasteiger partial charge in [0.05, 0.1) is 24.3 Å². The number of rotatable bonds is 8. The van der Waals surface area contributed by atoms with Crippen LogP contribution in [0.5, 0.6) is 11.5 Å². The van der Waals surface area contributed by atoms with Gasteiger partial charge in [-0.2, -0.15) is 0 Å². The van der Waals surface area contributed by atoms with E-state index in [0.29, 0.717) is 40.5 Å². The molecule has 0 aromatic heterocycles. The van der Waals surface area contributed by atoms with Crippen LogP contribution in [-0.4, -0.2) is 24.7 Å². The molecule has 0 radical (unpaired) electrons. The summed E-state index contributed by atoms with van der Waals surface area (Å²) in [7, 11) is 0. The average Bonchev–Trinajstić information content (AvgIpc) is 2.73. The number of ether oxygens (including phenoxy) is 3. The molecule has 7 nitrogen and oxygen atoms in total. The normalized spacial score (nSPS) is 15.8. The van der Waals surface area contributed by atoms with Crippen LogP contribution in [0.4, 0.5) is 9.18 Å². The van der Waals surface area contributed by atoms with E-state index in [0.717, 1.165) is 0 Å². The molecule has 0 spiro atoms. The Kier molecular flexibility index (Phi) is 7.35. The Morgan fingerprint density at radius 2 is 1.88 bits per heavy atom. The number of hydrogen-bond donors (Lipinski definition) is 2. The van der Waals surface area contributed by atoms with E-state index >= 15 is 0 Å². The second-order valence-corrected chi connectivity index (χ2v) is 7.54. The molecule has 1 unspecified atom stereocenters. The van der Waals surface area contributed by atoms with Gasteiger partial charge in [0, 0.05) is 11.3 Å². The number of esters is 1. The molecule has 32 heavy (non-hydrogen) atoms. The highest BCUT2D eigenvalue weighted by molar-refractivity contribution is 5.95. The maximum absolute atomic E-state index is 13.9. The first-order valence-electron chi connectivity index (χ1n) is 10.4. The molecule has 1 atom stereocenters. The van der Waals surface area contributed by atoms with Crippen molar-refractivity contribution in [1.82, 2.24) is 10.6 Å². The lowest BCUT2D eigenvalue weighted by Crippen LogP contribution is -2.45. The molecule has 1 aliphatic heterocycles. The first-order chi connectivity index (χ1) is 15.3. The largest absolute Gasteiger partial charge is 0.490 e. The second kappa shape index (κ2) is 10.2. The summed E-state index contributed by atoms with van der Waals surface area (Å²) in [5.74, 6) is -0.0317. The average molecular weight is 442 g/mol. The molecule has 1 aliphatic rings. The minimum Gasteiger partial charge on any atom is -0.490 e. The van der Waals surface area contributed by atoms with Gasteiger partial charge >= 0.3 is 12.0 Å². The van der Waals surface area contributed by atoms with E-state index in [1.54, 1.807) is 57.2 Å². The van der Waals surface area contributed by atoms with Crippen molar-refractivity contribution in [3.05, 3.63) is 70.7 Å². The van der Waals surface area contributed by atoms with Crippen LogP contribution >= 0.6 is 0 Å². The molecular formula is C24H27FN2O5. The van der Waals surface area contributed by atoms with Gasteiger partial charge in [-0.15, -0.1) is 0 Å². The van der Waals surface area contributed by atoms with E-state index < -0.39 is 18.0 Å².